The first-order chi connectivity index (χ1) is 17.0. The normalized spacial score (nSPS) is 11.3. The maximum atomic E-state index is 12.4. The van der Waals surface area contributed by atoms with E-state index in [0.717, 1.165) is 51.3 Å². The van der Waals surface area contributed by atoms with Crippen molar-refractivity contribution in [2.75, 3.05) is 7.11 Å². The van der Waals surface area contributed by atoms with Crippen LogP contribution in [0.1, 0.15) is 40.8 Å². The summed E-state index contributed by atoms with van der Waals surface area (Å²) in [5, 5.41) is 6.11. The molecule has 0 saturated carbocycles. The molecule has 35 heavy (non-hydrogen) atoms. The van der Waals surface area contributed by atoms with Crippen molar-refractivity contribution in [3.05, 3.63) is 99.7 Å². The number of halogens is 1. The molecule has 1 heterocycles. The third-order valence-electron chi connectivity index (χ3n) is 6.35. The maximum Gasteiger partial charge on any atom is 0.240 e. The number of carbonyl (C=O) groups excluding carboxylic acids is 1. The number of amides is 1. The molecule has 4 rings (SSSR count). The van der Waals surface area contributed by atoms with Crippen molar-refractivity contribution in [2.24, 2.45) is 5.10 Å². The third-order valence-corrected chi connectivity index (χ3v) is 6.72. The van der Waals surface area contributed by atoms with Gasteiger partial charge in [0.25, 0.3) is 0 Å². The molecule has 0 aliphatic rings. The van der Waals surface area contributed by atoms with E-state index in [0.29, 0.717) is 13.0 Å². The summed E-state index contributed by atoms with van der Waals surface area (Å²) < 4.78 is 7.49. The summed E-state index contributed by atoms with van der Waals surface area (Å²) >= 11 is 6.41. The molecule has 0 fully saturated rings. The lowest BCUT2D eigenvalue weighted by Crippen LogP contribution is -2.17. The number of carbonyl (C=O) groups is 1. The number of fused-ring (bicyclic) bond motifs is 1. The Bertz CT molecular complexity index is 1370. The second kappa shape index (κ2) is 11.2. The van der Waals surface area contributed by atoms with Gasteiger partial charge in [0.2, 0.25) is 5.91 Å². The van der Waals surface area contributed by atoms with Crippen LogP contribution in [-0.4, -0.2) is 23.8 Å². The summed E-state index contributed by atoms with van der Waals surface area (Å²) in [5.41, 5.74) is 9.31. The topological polar surface area (TPSA) is 55.6 Å². The number of aryl methyl sites for hydroxylation is 2. The number of hydrazone groups is 1. The van der Waals surface area contributed by atoms with Crippen LogP contribution in [0.25, 0.3) is 10.9 Å². The average molecular weight is 488 g/mol. The van der Waals surface area contributed by atoms with E-state index in [4.69, 9.17) is 16.3 Å². The first-order valence-corrected chi connectivity index (χ1v) is 12.1. The van der Waals surface area contributed by atoms with E-state index in [2.05, 4.69) is 47.1 Å². The second-order valence-electron chi connectivity index (χ2n) is 8.63. The second-order valence-corrected chi connectivity index (χ2v) is 9.04. The number of methoxy groups -OCH3 is 1. The van der Waals surface area contributed by atoms with Gasteiger partial charge in [-0.15, -0.1) is 0 Å². The fourth-order valence-corrected chi connectivity index (χ4v) is 4.56. The molecule has 0 bridgehead atoms. The Morgan fingerprint density at radius 2 is 1.83 bits per heavy atom. The van der Waals surface area contributed by atoms with E-state index in [-0.39, 0.29) is 5.91 Å². The molecule has 4 aromatic rings. The minimum absolute atomic E-state index is 0.0927. The number of hydrogen-bond donors (Lipinski definition) is 1. The lowest BCUT2D eigenvalue weighted by Gasteiger charge is -2.10. The Morgan fingerprint density at radius 3 is 2.60 bits per heavy atom. The van der Waals surface area contributed by atoms with Gasteiger partial charge in [0.15, 0.2) is 0 Å². The zero-order valence-electron chi connectivity index (χ0n) is 20.3. The molecule has 0 atom stereocenters. The number of para-hydroxylation sites is 1. The minimum Gasteiger partial charge on any atom is -0.497 e. The van der Waals surface area contributed by atoms with Gasteiger partial charge in [-0.3, -0.25) is 4.79 Å². The summed E-state index contributed by atoms with van der Waals surface area (Å²) in [4.78, 5) is 12.4. The Kier molecular flexibility index (Phi) is 7.88. The van der Waals surface area contributed by atoms with Crippen LogP contribution in [0.3, 0.4) is 0 Å². The fraction of sp³-hybridized carbons (Fsp3) is 0.241. The van der Waals surface area contributed by atoms with Crippen LogP contribution in [0.5, 0.6) is 5.75 Å². The maximum absolute atomic E-state index is 12.4. The molecule has 3 aromatic carbocycles. The molecule has 5 nitrogen and oxygen atoms in total. The summed E-state index contributed by atoms with van der Waals surface area (Å²) in [5.74, 6) is 0.756. The Balaban J connectivity index is 1.41. The molecule has 6 heteroatoms. The molecule has 1 aromatic heterocycles. The Hall–Kier alpha value is -3.57. The highest BCUT2D eigenvalue weighted by molar-refractivity contribution is 6.31. The van der Waals surface area contributed by atoms with E-state index < -0.39 is 0 Å². The molecule has 180 valence electrons. The number of ether oxygens (including phenoxy) is 1. The van der Waals surface area contributed by atoms with Gasteiger partial charge in [0.05, 0.1) is 13.3 Å². The summed E-state index contributed by atoms with van der Waals surface area (Å²) in [6.45, 7) is 4.79. The van der Waals surface area contributed by atoms with Gasteiger partial charge in [-0.25, -0.2) is 5.43 Å². The van der Waals surface area contributed by atoms with Crippen LogP contribution in [0.2, 0.25) is 5.02 Å². The van der Waals surface area contributed by atoms with Gasteiger partial charge in [-0.2, -0.15) is 5.10 Å². The van der Waals surface area contributed by atoms with Crippen molar-refractivity contribution in [1.82, 2.24) is 9.99 Å². The van der Waals surface area contributed by atoms with Crippen molar-refractivity contribution in [2.45, 2.75) is 39.7 Å². The summed E-state index contributed by atoms with van der Waals surface area (Å²) in [6, 6.07) is 22.1. The number of nitrogens with zero attached hydrogens (tertiary/aromatic N) is 2. The first-order valence-electron chi connectivity index (χ1n) is 11.7. The van der Waals surface area contributed by atoms with Gasteiger partial charge in [0, 0.05) is 40.1 Å². The number of aromatic nitrogens is 1. The van der Waals surface area contributed by atoms with Gasteiger partial charge >= 0.3 is 0 Å². The van der Waals surface area contributed by atoms with E-state index in [1.165, 1.54) is 11.1 Å². The molecule has 0 unspecified atom stereocenters. The zero-order chi connectivity index (χ0) is 24.8. The van der Waals surface area contributed by atoms with Gasteiger partial charge < -0.3 is 9.30 Å². The number of benzene rings is 3. The van der Waals surface area contributed by atoms with Crippen LogP contribution < -0.4 is 10.2 Å². The fourth-order valence-electron chi connectivity index (χ4n) is 4.36. The largest absolute Gasteiger partial charge is 0.497 e. The van der Waals surface area contributed by atoms with E-state index >= 15 is 0 Å². The van der Waals surface area contributed by atoms with E-state index in [1.54, 1.807) is 13.3 Å². The summed E-state index contributed by atoms with van der Waals surface area (Å²) in [6.07, 6.45) is 3.74. The highest BCUT2D eigenvalue weighted by atomic mass is 35.5. The van der Waals surface area contributed by atoms with Crippen LogP contribution in [0, 0.1) is 13.8 Å². The number of rotatable bonds is 9. The molecular formula is C29H30ClN3O2. The number of hydrogen-bond acceptors (Lipinski definition) is 3. The molecule has 1 N–H and O–H groups in total. The molecule has 1 amide bonds. The smallest absolute Gasteiger partial charge is 0.240 e. The predicted octanol–water partition coefficient (Wildman–Crippen LogP) is 6.44. The monoisotopic (exact) mass is 487 g/mol. The molecule has 0 aliphatic carbocycles. The average Bonchev–Trinajstić information content (AvgIpc) is 3.12. The minimum atomic E-state index is -0.0927. The Labute approximate surface area is 211 Å². The number of nitrogens with one attached hydrogen (secondary N) is 1. The van der Waals surface area contributed by atoms with Crippen molar-refractivity contribution >= 4 is 34.6 Å². The lowest BCUT2D eigenvalue weighted by molar-refractivity contribution is -0.121. The van der Waals surface area contributed by atoms with E-state index in [9.17, 15) is 4.79 Å². The SMILES string of the molecule is COc1ccc(CCCC(=O)N/N=C\c2c(C)n(Cc3ccccc3Cl)c3ccccc23)c(C)c1. The highest BCUT2D eigenvalue weighted by Crippen LogP contribution is 2.27. The zero-order valence-corrected chi connectivity index (χ0v) is 21.1. The van der Waals surface area contributed by atoms with Crippen LogP contribution in [0.15, 0.2) is 71.8 Å². The third kappa shape index (κ3) is 5.75. The summed E-state index contributed by atoms with van der Waals surface area (Å²) in [7, 11) is 1.66. The van der Waals surface area contributed by atoms with Gasteiger partial charge in [0.1, 0.15) is 5.75 Å². The molecule has 0 spiro atoms. The van der Waals surface area contributed by atoms with Crippen LogP contribution in [0.4, 0.5) is 0 Å². The van der Waals surface area contributed by atoms with Crippen LogP contribution >= 0.6 is 11.6 Å². The van der Waals surface area contributed by atoms with Crippen LogP contribution in [-0.2, 0) is 17.8 Å². The molecule has 0 radical (unpaired) electrons. The molecule has 0 saturated heterocycles. The Morgan fingerprint density at radius 1 is 1.06 bits per heavy atom. The lowest BCUT2D eigenvalue weighted by atomic mass is 10.0. The van der Waals surface area contributed by atoms with Crippen molar-refractivity contribution in [3.63, 3.8) is 0 Å². The van der Waals surface area contributed by atoms with Gasteiger partial charge in [-0.05, 0) is 67.6 Å². The first kappa shape index (κ1) is 24.6. The van der Waals surface area contributed by atoms with Crippen molar-refractivity contribution < 1.29 is 9.53 Å². The highest BCUT2D eigenvalue weighted by Gasteiger charge is 2.14. The van der Waals surface area contributed by atoms with Crippen molar-refractivity contribution in [3.8, 4) is 5.75 Å². The van der Waals surface area contributed by atoms with E-state index in [1.807, 2.05) is 48.5 Å². The molecular weight excluding hydrogens is 458 g/mol. The van der Waals surface area contributed by atoms with Crippen molar-refractivity contribution in [1.29, 1.82) is 0 Å². The standard InChI is InChI=1S/C29H30ClN3O2/c1-20-17-24(35-3)16-15-22(20)10-8-14-29(34)32-31-18-26-21(2)33(28-13-7-5-11-25(26)28)19-23-9-4-6-12-27(23)30/h4-7,9,11-13,15-18H,8,10,14,19H2,1-3H3,(H,32,34)/b31-18-. The predicted molar refractivity (Wildman–Crippen MR) is 144 cm³/mol. The molecule has 0 aliphatic heterocycles. The van der Waals surface area contributed by atoms with Gasteiger partial charge in [-0.1, -0.05) is 54.1 Å². The quantitative estimate of drug-likeness (QED) is 0.218.